The average Bonchev–Trinajstić information content (AvgIpc) is 2.60. The van der Waals surface area contributed by atoms with E-state index in [0.717, 1.165) is 18.7 Å². The highest BCUT2D eigenvalue weighted by Gasteiger charge is 2.44. The Kier molecular flexibility index (Phi) is 1.96. The summed E-state index contributed by atoms with van der Waals surface area (Å²) in [5, 5.41) is 16.9. The highest BCUT2D eigenvalue weighted by molar-refractivity contribution is 5.68. The van der Waals surface area contributed by atoms with Gasteiger partial charge in [0.1, 0.15) is 5.75 Å². The molecular formula is C13H18N2O. The zero-order chi connectivity index (χ0) is 11.3. The first-order valence-electron chi connectivity index (χ1n) is 5.93. The fraction of sp³-hybridized carbons (Fsp3) is 0.538. The molecular weight excluding hydrogens is 200 g/mol. The molecule has 2 unspecified atom stereocenters. The van der Waals surface area contributed by atoms with Gasteiger partial charge in [-0.15, -0.1) is 0 Å². The van der Waals surface area contributed by atoms with Crippen molar-refractivity contribution in [3.05, 3.63) is 23.8 Å². The number of phenols is 1. The molecule has 3 rings (SSSR count). The minimum atomic E-state index is 0.0778. The molecule has 2 aliphatic rings. The van der Waals surface area contributed by atoms with Crippen LogP contribution in [0.5, 0.6) is 5.75 Å². The Morgan fingerprint density at radius 2 is 2.19 bits per heavy atom. The van der Waals surface area contributed by atoms with Gasteiger partial charge < -0.3 is 15.7 Å². The molecule has 2 aliphatic heterocycles. The van der Waals surface area contributed by atoms with Crippen molar-refractivity contribution in [2.45, 2.75) is 37.8 Å². The van der Waals surface area contributed by atoms with Crippen LogP contribution >= 0.6 is 0 Å². The van der Waals surface area contributed by atoms with Crippen LogP contribution in [0.15, 0.2) is 18.2 Å². The molecule has 1 aromatic rings. The molecule has 0 bridgehead atoms. The summed E-state index contributed by atoms with van der Waals surface area (Å²) in [5.41, 5.74) is 2.29. The summed E-state index contributed by atoms with van der Waals surface area (Å²) >= 11 is 0. The van der Waals surface area contributed by atoms with Gasteiger partial charge in [0, 0.05) is 11.5 Å². The van der Waals surface area contributed by atoms with Crippen LogP contribution in [-0.2, 0) is 0 Å². The maximum Gasteiger partial charge on any atom is 0.138 e. The number of hydrogen-bond acceptors (Lipinski definition) is 3. The molecule has 2 heterocycles. The van der Waals surface area contributed by atoms with Crippen LogP contribution in [0.25, 0.3) is 0 Å². The number of para-hydroxylation sites is 1. The van der Waals surface area contributed by atoms with Crippen molar-refractivity contribution < 1.29 is 5.11 Å². The van der Waals surface area contributed by atoms with Gasteiger partial charge in [0.15, 0.2) is 0 Å². The zero-order valence-electron chi connectivity index (χ0n) is 9.75. The van der Waals surface area contributed by atoms with E-state index >= 15 is 0 Å². The highest BCUT2D eigenvalue weighted by atomic mass is 16.3. The van der Waals surface area contributed by atoms with E-state index in [1.807, 2.05) is 6.07 Å². The summed E-state index contributed by atoms with van der Waals surface area (Å²) in [6.45, 7) is 5.49. The molecule has 1 aromatic carbocycles. The third-order valence-electron chi connectivity index (χ3n) is 3.99. The highest BCUT2D eigenvalue weighted by Crippen LogP contribution is 2.47. The van der Waals surface area contributed by atoms with Crippen LogP contribution in [0.1, 0.15) is 31.7 Å². The Balaban J connectivity index is 2.06. The Labute approximate surface area is 95.9 Å². The maximum absolute atomic E-state index is 9.87. The normalized spacial score (nSPS) is 30.4. The lowest BCUT2D eigenvalue weighted by molar-refractivity contribution is 0.256. The summed E-state index contributed by atoms with van der Waals surface area (Å²) < 4.78 is 0. The average molecular weight is 218 g/mol. The second kappa shape index (κ2) is 3.14. The Morgan fingerprint density at radius 3 is 3.00 bits per heavy atom. The van der Waals surface area contributed by atoms with Gasteiger partial charge in [-0.05, 0) is 38.4 Å². The van der Waals surface area contributed by atoms with E-state index in [1.165, 1.54) is 5.56 Å². The minimum Gasteiger partial charge on any atom is -0.506 e. The Bertz CT molecular complexity index is 428. The lowest BCUT2D eigenvalue weighted by Gasteiger charge is -2.41. The smallest absolute Gasteiger partial charge is 0.138 e. The Hall–Kier alpha value is -1.22. The molecule has 0 spiro atoms. The minimum absolute atomic E-state index is 0.0778. The fourth-order valence-electron chi connectivity index (χ4n) is 3.12. The number of fused-ring (bicyclic) bond motifs is 3. The topological polar surface area (TPSA) is 44.3 Å². The predicted octanol–water partition coefficient (Wildman–Crippen LogP) is 2.04. The lowest BCUT2D eigenvalue weighted by atomic mass is 9.78. The molecule has 0 amide bonds. The molecule has 3 heteroatoms. The van der Waals surface area contributed by atoms with E-state index in [4.69, 9.17) is 0 Å². The van der Waals surface area contributed by atoms with Crippen molar-refractivity contribution in [3.8, 4) is 5.75 Å². The van der Waals surface area contributed by atoms with E-state index in [1.54, 1.807) is 6.07 Å². The van der Waals surface area contributed by atoms with Crippen LogP contribution in [0.3, 0.4) is 0 Å². The molecule has 0 saturated carbocycles. The number of rotatable bonds is 0. The van der Waals surface area contributed by atoms with Crippen molar-refractivity contribution in [2.24, 2.45) is 0 Å². The van der Waals surface area contributed by atoms with Gasteiger partial charge in [0.05, 0.1) is 11.7 Å². The summed E-state index contributed by atoms with van der Waals surface area (Å²) in [5.74, 6) is 0.904. The molecule has 0 aliphatic carbocycles. The summed E-state index contributed by atoms with van der Waals surface area (Å²) in [6, 6.07) is 6.20. The summed E-state index contributed by atoms with van der Waals surface area (Å²) in [6.07, 6.45) is 1.14. The molecule has 1 saturated heterocycles. The van der Waals surface area contributed by atoms with Gasteiger partial charge in [-0.2, -0.15) is 0 Å². The number of benzene rings is 1. The van der Waals surface area contributed by atoms with E-state index in [2.05, 4.69) is 30.5 Å². The van der Waals surface area contributed by atoms with Crippen molar-refractivity contribution in [1.82, 2.24) is 5.32 Å². The first-order valence-corrected chi connectivity index (χ1v) is 5.93. The number of phenolic OH excluding ortho intramolecular Hbond substituents is 1. The van der Waals surface area contributed by atoms with Crippen molar-refractivity contribution in [3.63, 3.8) is 0 Å². The zero-order valence-corrected chi connectivity index (χ0v) is 9.75. The molecule has 0 radical (unpaired) electrons. The van der Waals surface area contributed by atoms with Gasteiger partial charge in [-0.1, -0.05) is 12.1 Å². The third kappa shape index (κ3) is 1.24. The number of nitrogens with one attached hydrogen (secondary N) is 2. The molecule has 0 aromatic heterocycles. The largest absolute Gasteiger partial charge is 0.506 e. The molecule has 16 heavy (non-hydrogen) atoms. The number of piperidine rings is 1. The van der Waals surface area contributed by atoms with Crippen LogP contribution < -0.4 is 10.6 Å². The van der Waals surface area contributed by atoms with Gasteiger partial charge in [0.2, 0.25) is 0 Å². The molecule has 1 fully saturated rings. The third-order valence-corrected chi connectivity index (χ3v) is 3.99. The van der Waals surface area contributed by atoms with Gasteiger partial charge >= 0.3 is 0 Å². The first kappa shape index (κ1) is 9.97. The van der Waals surface area contributed by atoms with Crippen LogP contribution in [0.4, 0.5) is 5.69 Å². The summed E-state index contributed by atoms with van der Waals surface area (Å²) in [7, 11) is 0. The van der Waals surface area contributed by atoms with E-state index in [0.29, 0.717) is 17.7 Å². The van der Waals surface area contributed by atoms with Crippen LogP contribution in [-0.4, -0.2) is 23.2 Å². The van der Waals surface area contributed by atoms with Crippen molar-refractivity contribution in [1.29, 1.82) is 0 Å². The van der Waals surface area contributed by atoms with Crippen molar-refractivity contribution >= 4 is 5.69 Å². The molecule has 86 valence electrons. The van der Waals surface area contributed by atoms with E-state index in [9.17, 15) is 5.11 Å². The second-order valence-corrected chi connectivity index (χ2v) is 5.41. The standard InChI is InChI=1S/C13H18N2O/c1-13(2)12-9(6-7-14-13)8-4-3-5-10(16)11(8)15-12/h3-5,9,12,14-16H,6-7H2,1-2H3. The SMILES string of the molecule is CC1(C)NCCC2c3cccc(O)c3NC21. The van der Waals surface area contributed by atoms with E-state index in [-0.39, 0.29) is 5.54 Å². The van der Waals surface area contributed by atoms with Gasteiger partial charge in [-0.3, -0.25) is 0 Å². The van der Waals surface area contributed by atoms with Gasteiger partial charge in [-0.25, -0.2) is 0 Å². The molecule has 2 atom stereocenters. The fourth-order valence-corrected chi connectivity index (χ4v) is 3.12. The monoisotopic (exact) mass is 218 g/mol. The second-order valence-electron chi connectivity index (χ2n) is 5.41. The first-order chi connectivity index (χ1) is 7.59. The lowest BCUT2D eigenvalue weighted by Crippen LogP contribution is -2.57. The molecule has 3 N–H and O–H groups in total. The van der Waals surface area contributed by atoms with Crippen LogP contribution in [0, 0.1) is 0 Å². The Morgan fingerprint density at radius 1 is 1.38 bits per heavy atom. The van der Waals surface area contributed by atoms with Gasteiger partial charge in [0.25, 0.3) is 0 Å². The number of hydrogen-bond donors (Lipinski definition) is 3. The van der Waals surface area contributed by atoms with Crippen molar-refractivity contribution in [2.75, 3.05) is 11.9 Å². The van der Waals surface area contributed by atoms with Crippen LogP contribution in [0.2, 0.25) is 0 Å². The molecule has 3 nitrogen and oxygen atoms in total. The predicted molar refractivity (Wildman–Crippen MR) is 65.0 cm³/mol. The quantitative estimate of drug-likeness (QED) is 0.584. The van der Waals surface area contributed by atoms with E-state index < -0.39 is 0 Å². The summed E-state index contributed by atoms with van der Waals surface area (Å²) in [4.78, 5) is 0. The number of aromatic hydroxyl groups is 1. The number of anilines is 1. The maximum atomic E-state index is 9.87.